The zero-order valence-corrected chi connectivity index (χ0v) is 12.6. The molecule has 2 unspecified atom stereocenters. The number of carbonyl (C=O) groups is 1. The van der Waals surface area contributed by atoms with Crippen molar-refractivity contribution in [2.24, 2.45) is 0 Å². The van der Waals surface area contributed by atoms with Gasteiger partial charge in [0.25, 0.3) is 0 Å². The first-order chi connectivity index (χ1) is 9.72. The molecule has 1 aliphatic carbocycles. The Kier molecular flexibility index (Phi) is 4.32. The Morgan fingerprint density at radius 3 is 2.75 bits per heavy atom. The first kappa shape index (κ1) is 14.3. The zero-order valence-electron chi connectivity index (χ0n) is 12.6. The van der Waals surface area contributed by atoms with Gasteiger partial charge in [-0.3, -0.25) is 9.69 Å². The van der Waals surface area contributed by atoms with Gasteiger partial charge >= 0.3 is 5.97 Å². The zero-order chi connectivity index (χ0) is 14.0. The van der Waals surface area contributed by atoms with Gasteiger partial charge in [-0.25, -0.2) is 0 Å². The highest BCUT2D eigenvalue weighted by molar-refractivity contribution is 5.75. The minimum Gasteiger partial charge on any atom is -0.468 e. The van der Waals surface area contributed by atoms with E-state index >= 15 is 0 Å². The summed E-state index contributed by atoms with van der Waals surface area (Å²) < 4.78 is 11.3. The molecule has 2 atom stereocenters. The van der Waals surface area contributed by atoms with Crippen molar-refractivity contribution >= 4 is 5.97 Å². The van der Waals surface area contributed by atoms with Crippen molar-refractivity contribution in [2.75, 3.05) is 20.2 Å². The highest BCUT2D eigenvalue weighted by atomic mass is 16.5. The van der Waals surface area contributed by atoms with E-state index in [1.54, 1.807) is 0 Å². The normalized spacial score (nSPS) is 33.6. The molecule has 0 aromatic carbocycles. The third kappa shape index (κ3) is 2.86. The first-order valence-corrected chi connectivity index (χ1v) is 8.22. The lowest BCUT2D eigenvalue weighted by Gasteiger charge is -2.34. The number of likely N-dealkylation sites (tertiary alicyclic amines) is 1. The third-order valence-corrected chi connectivity index (χ3v) is 5.38. The quantitative estimate of drug-likeness (QED) is 0.745. The summed E-state index contributed by atoms with van der Waals surface area (Å²) in [5.74, 6) is -0.0760. The highest BCUT2D eigenvalue weighted by Crippen LogP contribution is 2.42. The van der Waals surface area contributed by atoms with Crippen molar-refractivity contribution in [3.8, 4) is 0 Å². The lowest BCUT2D eigenvalue weighted by molar-refractivity contribution is -0.146. The van der Waals surface area contributed by atoms with Gasteiger partial charge in [0, 0.05) is 6.54 Å². The fraction of sp³-hybridized carbons (Fsp3) is 0.938. The number of carbonyl (C=O) groups excluding carboxylic acids is 1. The Morgan fingerprint density at radius 1 is 1.20 bits per heavy atom. The molecule has 4 heteroatoms. The highest BCUT2D eigenvalue weighted by Gasteiger charge is 2.42. The Balaban J connectivity index is 1.55. The topological polar surface area (TPSA) is 38.8 Å². The maximum atomic E-state index is 11.8. The number of esters is 1. The average Bonchev–Trinajstić information content (AvgIpc) is 3.07. The van der Waals surface area contributed by atoms with Gasteiger partial charge in [-0.1, -0.05) is 19.3 Å². The minimum absolute atomic E-state index is 0.0356. The van der Waals surface area contributed by atoms with E-state index in [9.17, 15) is 4.79 Å². The smallest absolute Gasteiger partial charge is 0.323 e. The molecule has 0 bridgehead atoms. The molecule has 114 valence electrons. The third-order valence-electron chi connectivity index (χ3n) is 5.38. The van der Waals surface area contributed by atoms with Crippen LogP contribution in [0.25, 0.3) is 0 Å². The lowest BCUT2D eigenvalue weighted by atomic mass is 9.83. The largest absolute Gasteiger partial charge is 0.468 e. The maximum Gasteiger partial charge on any atom is 0.323 e. The van der Waals surface area contributed by atoms with Crippen LogP contribution in [0.3, 0.4) is 0 Å². The minimum atomic E-state index is -0.0760. The fourth-order valence-corrected chi connectivity index (χ4v) is 4.30. The van der Waals surface area contributed by atoms with Crippen molar-refractivity contribution in [2.45, 2.75) is 75.5 Å². The van der Waals surface area contributed by atoms with Crippen LogP contribution in [-0.2, 0) is 14.3 Å². The van der Waals surface area contributed by atoms with Crippen LogP contribution in [0.4, 0.5) is 0 Å². The molecule has 1 spiro atoms. The summed E-state index contributed by atoms with van der Waals surface area (Å²) in [5, 5.41) is 0. The Bertz CT molecular complexity index is 352. The second kappa shape index (κ2) is 6.02. The molecule has 2 saturated heterocycles. The van der Waals surface area contributed by atoms with E-state index in [4.69, 9.17) is 9.47 Å². The monoisotopic (exact) mass is 281 g/mol. The van der Waals surface area contributed by atoms with Crippen LogP contribution in [0, 0.1) is 0 Å². The summed E-state index contributed by atoms with van der Waals surface area (Å²) in [7, 11) is 1.49. The molecule has 3 aliphatic rings. The molecule has 3 rings (SSSR count). The van der Waals surface area contributed by atoms with Gasteiger partial charge in [-0.2, -0.15) is 0 Å². The molecular formula is C16H27NO3. The molecule has 2 aliphatic heterocycles. The maximum absolute atomic E-state index is 11.8. The van der Waals surface area contributed by atoms with Crippen LogP contribution < -0.4 is 0 Å². The summed E-state index contributed by atoms with van der Waals surface area (Å²) in [5.41, 5.74) is 0.184. The summed E-state index contributed by atoms with van der Waals surface area (Å²) in [6, 6.07) is -0.0356. The summed E-state index contributed by atoms with van der Waals surface area (Å²) in [6.07, 6.45) is 11.2. The average molecular weight is 281 g/mol. The molecule has 3 fully saturated rings. The molecule has 0 N–H and O–H groups in total. The van der Waals surface area contributed by atoms with E-state index < -0.39 is 0 Å². The molecule has 0 amide bonds. The lowest BCUT2D eigenvalue weighted by Crippen LogP contribution is -2.42. The Hall–Kier alpha value is -0.610. The van der Waals surface area contributed by atoms with E-state index in [1.165, 1.54) is 45.6 Å². The molecule has 0 aromatic rings. The van der Waals surface area contributed by atoms with Crippen LogP contribution in [0.2, 0.25) is 0 Å². The van der Waals surface area contributed by atoms with Crippen molar-refractivity contribution in [1.82, 2.24) is 4.90 Å². The number of ether oxygens (including phenoxy) is 2. The van der Waals surface area contributed by atoms with E-state index in [1.807, 2.05) is 0 Å². The Labute approximate surface area is 121 Å². The fourth-order valence-electron chi connectivity index (χ4n) is 4.30. The SMILES string of the molecule is COC(=O)C1CCCN1CC1CCC2(CCCCC2)O1. The first-order valence-electron chi connectivity index (χ1n) is 8.22. The van der Waals surface area contributed by atoms with Gasteiger partial charge in [-0.05, 0) is 45.1 Å². The van der Waals surface area contributed by atoms with Crippen LogP contribution in [0.5, 0.6) is 0 Å². The number of hydrogen-bond acceptors (Lipinski definition) is 4. The van der Waals surface area contributed by atoms with Gasteiger partial charge in [-0.15, -0.1) is 0 Å². The van der Waals surface area contributed by atoms with Crippen LogP contribution >= 0.6 is 0 Å². The van der Waals surface area contributed by atoms with Crippen molar-refractivity contribution < 1.29 is 14.3 Å². The van der Waals surface area contributed by atoms with Gasteiger partial charge in [0.1, 0.15) is 6.04 Å². The molecule has 4 nitrogen and oxygen atoms in total. The van der Waals surface area contributed by atoms with Gasteiger partial charge in [0.2, 0.25) is 0 Å². The van der Waals surface area contributed by atoms with E-state index in [0.717, 1.165) is 32.4 Å². The molecule has 2 heterocycles. The molecule has 20 heavy (non-hydrogen) atoms. The van der Waals surface area contributed by atoms with Crippen LogP contribution in [0.15, 0.2) is 0 Å². The standard InChI is InChI=1S/C16H27NO3/c1-19-15(18)14-6-5-11-17(14)12-13-7-10-16(20-13)8-3-2-4-9-16/h13-14H,2-12H2,1H3. The van der Waals surface area contributed by atoms with Gasteiger partial charge in [0.05, 0.1) is 18.8 Å². The number of methoxy groups -OCH3 is 1. The van der Waals surface area contributed by atoms with Gasteiger partial charge in [0.15, 0.2) is 0 Å². The molecular weight excluding hydrogens is 254 g/mol. The van der Waals surface area contributed by atoms with E-state index in [0.29, 0.717) is 6.10 Å². The summed E-state index contributed by atoms with van der Waals surface area (Å²) in [6.45, 7) is 1.91. The Morgan fingerprint density at radius 2 is 2.00 bits per heavy atom. The van der Waals surface area contributed by atoms with E-state index in [-0.39, 0.29) is 17.6 Å². The molecule has 1 saturated carbocycles. The number of nitrogens with zero attached hydrogens (tertiary/aromatic N) is 1. The van der Waals surface area contributed by atoms with Gasteiger partial charge < -0.3 is 9.47 Å². The van der Waals surface area contributed by atoms with Crippen LogP contribution in [-0.4, -0.2) is 48.8 Å². The van der Waals surface area contributed by atoms with Crippen molar-refractivity contribution in [3.05, 3.63) is 0 Å². The predicted octanol–water partition coefficient (Wildman–Crippen LogP) is 2.51. The van der Waals surface area contributed by atoms with Crippen LogP contribution in [0.1, 0.15) is 57.8 Å². The second-order valence-corrected chi connectivity index (χ2v) is 6.70. The second-order valence-electron chi connectivity index (χ2n) is 6.70. The van der Waals surface area contributed by atoms with E-state index in [2.05, 4.69) is 4.90 Å². The molecule has 0 radical (unpaired) electrons. The summed E-state index contributed by atoms with van der Waals surface area (Å²) >= 11 is 0. The summed E-state index contributed by atoms with van der Waals surface area (Å²) in [4.78, 5) is 14.1. The predicted molar refractivity (Wildman–Crippen MR) is 76.5 cm³/mol. The number of rotatable bonds is 3. The van der Waals surface area contributed by atoms with Crippen molar-refractivity contribution in [1.29, 1.82) is 0 Å². The van der Waals surface area contributed by atoms with Crippen molar-refractivity contribution in [3.63, 3.8) is 0 Å². The number of hydrogen-bond donors (Lipinski definition) is 0. The molecule has 0 aromatic heterocycles.